The van der Waals surface area contributed by atoms with E-state index in [0.29, 0.717) is 11.7 Å². The third-order valence-electron chi connectivity index (χ3n) is 4.88. The topological polar surface area (TPSA) is 72.7 Å². The second kappa shape index (κ2) is 6.63. The summed E-state index contributed by atoms with van der Waals surface area (Å²) in [6.07, 6.45) is 6.56. The Morgan fingerprint density at radius 2 is 2.00 bits per heavy atom. The fraction of sp³-hybridized carbons (Fsp3) is 0.368. The van der Waals surface area contributed by atoms with Crippen LogP contribution in [0.3, 0.4) is 0 Å². The molecule has 25 heavy (non-hydrogen) atoms. The number of nitrogens with zero attached hydrogens (tertiary/aromatic N) is 4. The number of benzene rings is 1. The van der Waals surface area contributed by atoms with Crippen molar-refractivity contribution < 1.29 is 4.79 Å². The van der Waals surface area contributed by atoms with E-state index in [9.17, 15) is 4.79 Å². The Morgan fingerprint density at radius 1 is 1.20 bits per heavy atom. The highest BCUT2D eigenvalue weighted by Crippen LogP contribution is 2.31. The molecule has 2 aromatic heterocycles. The summed E-state index contributed by atoms with van der Waals surface area (Å²) in [5, 5.41) is 12.3. The van der Waals surface area contributed by atoms with Gasteiger partial charge >= 0.3 is 0 Å². The number of amides is 1. The van der Waals surface area contributed by atoms with E-state index >= 15 is 0 Å². The Morgan fingerprint density at radius 3 is 2.84 bits per heavy atom. The minimum atomic E-state index is -0.219. The van der Waals surface area contributed by atoms with Crippen molar-refractivity contribution in [1.29, 1.82) is 0 Å². The molecule has 128 valence electrons. The highest BCUT2D eigenvalue weighted by Gasteiger charge is 2.23. The molecular weight excluding hydrogens is 314 g/mol. The molecule has 1 fully saturated rings. The second-order valence-corrected chi connectivity index (χ2v) is 6.62. The smallest absolute Gasteiger partial charge is 0.270 e. The van der Waals surface area contributed by atoms with Crippen LogP contribution in [0.4, 0.5) is 0 Å². The highest BCUT2D eigenvalue weighted by atomic mass is 16.1. The van der Waals surface area contributed by atoms with Crippen LogP contribution < -0.4 is 5.32 Å². The minimum absolute atomic E-state index is 0.195. The van der Waals surface area contributed by atoms with Gasteiger partial charge in [0.2, 0.25) is 0 Å². The number of nitrogens with one attached hydrogen (secondary N) is 1. The Hall–Kier alpha value is -2.76. The molecule has 0 unspecified atom stereocenters. The molecule has 4 rings (SSSR count). The first kappa shape index (κ1) is 15.7. The van der Waals surface area contributed by atoms with Crippen molar-refractivity contribution in [2.75, 3.05) is 0 Å². The lowest BCUT2D eigenvalue weighted by Crippen LogP contribution is -2.29. The van der Waals surface area contributed by atoms with Crippen molar-refractivity contribution >= 4 is 16.8 Å². The molecule has 1 aliphatic rings. The molecule has 6 nitrogen and oxygen atoms in total. The number of carbonyl (C=O) groups is 1. The summed E-state index contributed by atoms with van der Waals surface area (Å²) in [4.78, 5) is 17.1. The first-order valence-corrected chi connectivity index (χ1v) is 8.78. The first-order valence-electron chi connectivity index (χ1n) is 8.78. The Labute approximate surface area is 146 Å². The van der Waals surface area contributed by atoms with E-state index in [0.717, 1.165) is 29.6 Å². The van der Waals surface area contributed by atoms with Crippen LogP contribution in [0.25, 0.3) is 10.9 Å². The molecule has 1 amide bonds. The molecule has 0 aliphatic heterocycles. The molecule has 0 spiro atoms. The third-order valence-corrected chi connectivity index (χ3v) is 4.88. The van der Waals surface area contributed by atoms with Crippen molar-refractivity contribution in [2.24, 2.45) is 0 Å². The number of para-hydroxylation sites is 1. The van der Waals surface area contributed by atoms with Crippen LogP contribution in [0.5, 0.6) is 0 Å². The fourth-order valence-corrected chi connectivity index (χ4v) is 3.55. The molecule has 1 N–H and O–H groups in total. The molecule has 1 atom stereocenters. The summed E-state index contributed by atoms with van der Waals surface area (Å²) in [6.45, 7) is 1.94. The largest absolute Gasteiger partial charge is 0.341 e. The van der Waals surface area contributed by atoms with Gasteiger partial charge in [-0.05, 0) is 31.9 Å². The summed E-state index contributed by atoms with van der Waals surface area (Å²) in [7, 11) is 0. The van der Waals surface area contributed by atoms with E-state index in [1.54, 1.807) is 12.4 Å². The number of pyridine rings is 1. The van der Waals surface area contributed by atoms with Crippen molar-refractivity contribution in [3.63, 3.8) is 0 Å². The normalized spacial score (nSPS) is 16.2. The molecule has 6 heteroatoms. The van der Waals surface area contributed by atoms with Crippen LogP contribution in [0.1, 0.15) is 61.0 Å². The summed E-state index contributed by atoms with van der Waals surface area (Å²) in [5.74, 6) is 0.611. The average molecular weight is 335 g/mol. The lowest BCUT2D eigenvalue weighted by molar-refractivity contribution is 0.0932. The monoisotopic (exact) mass is 335 g/mol. The number of carbonyl (C=O) groups excluding carboxylic acids is 1. The Balaban J connectivity index is 1.52. The quantitative estimate of drug-likeness (QED) is 0.793. The van der Waals surface area contributed by atoms with E-state index in [1.165, 1.54) is 12.8 Å². The zero-order valence-corrected chi connectivity index (χ0v) is 14.2. The third kappa shape index (κ3) is 3.12. The predicted octanol–water partition coefficient (Wildman–Crippen LogP) is 3.43. The number of rotatable bonds is 4. The molecule has 1 aliphatic carbocycles. The zero-order chi connectivity index (χ0) is 17.2. The van der Waals surface area contributed by atoms with E-state index in [2.05, 4.69) is 25.1 Å². The lowest BCUT2D eigenvalue weighted by Gasteiger charge is -2.18. The maximum Gasteiger partial charge on any atom is 0.270 e. The van der Waals surface area contributed by atoms with Gasteiger partial charge in [0.25, 0.3) is 5.91 Å². The molecule has 3 aromatic rings. The van der Waals surface area contributed by atoms with Crippen LogP contribution in [0.15, 0.2) is 42.7 Å². The fourth-order valence-electron chi connectivity index (χ4n) is 3.55. The van der Waals surface area contributed by atoms with Gasteiger partial charge < -0.3 is 9.88 Å². The molecule has 1 saturated carbocycles. The molecule has 2 heterocycles. The van der Waals surface area contributed by atoms with Gasteiger partial charge in [-0.1, -0.05) is 37.1 Å². The lowest BCUT2D eigenvalue weighted by atomic mass is 10.2. The summed E-state index contributed by atoms with van der Waals surface area (Å²) in [5.41, 5.74) is 1.23. The van der Waals surface area contributed by atoms with Crippen molar-refractivity contribution in [1.82, 2.24) is 25.1 Å². The van der Waals surface area contributed by atoms with Crippen molar-refractivity contribution in [3.8, 4) is 0 Å². The maximum absolute atomic E-state index is 12.6. The van der Waals surface area contributed by atoms with Gasteiger partial charge in [0, 0.05) is 11.4 Å². The van der Waals surface area contributed by atoms with Gasteiger partial charge in [-0.15, -0.1) is 10.2 Å². The van der Waals surface area contributed by atoms with Gasteiger partial charge in [0.15, 0.2) is 5.82 Å². The predicted molar refractivity (Wildman–Crippen MR) is 95.2 cm³/mol. The Bertz CT molecular complexity index is 897. The molecular formula is C19H21N5O. The SMILES string of the molecule is C[C@H](NC(=O)c1ccc2ccccc2n1)c1nncn1C1CCCC1. The van der Waals surface area contributed by atoms with Crippen LogP contribution in [0, 0.1) is 0 Å². The molecule has 0 saturated heterocycles. The maximum atomic E-state index is 12.6. The number of aromatic nitrogens is 4. The highest BCUT2D eigenvalue weighted by molar-refractivity contribution is 5.95. The number of hydrogen-bond acceptors (Lipinski definition) is 4. The first-order chi connectivity index (χ1) is 12.2. The van der Waals surface area contributed by atoms with Gasteiger partial charge in [0.05, 0.1) is 11.6 Å². The van der Waals surface area contributed by atoms with Crippen molar-refractivity contribution in [3.05, 3.63) is 54.2 Å². The molecule has 1 aromatic carbocycles. The summed E-state index contributed by atoms with van der Waals surface area (Å²) in [6, 6.07) is 11.7. The minimum Gasteiger partial charge on any atom is -0.341 e. The van der Waals surface area contributed by atoms with Crippen LogP contribution in [-0.4, -0.2) is 25.7 Å². The van der Waals surface area contributed by atoms with Crippen molar-refractivity contribution in [2.45, 2.75) is 44.7 Å². The van der Waals surface area contributed by atoms with E-state index in [-0.39, 0.29) is 11.9 Å². The van der Waals surface area contributed by atoms with Crippen LogP contribution in [-0.2, 0) is 0 Å². The van der Waals surface area contributed by atoms with Gasteiger partial charge in [-0.3, -0.25) is 4.79 Å². The molecule has 0 bridgehead atoms. The van der Waals surface area contributed by atoms with Gasteiger partial charge in [0.1, 0.15) is 12.0 Å². The van der Waals surface area contributed by atoms with Gasteiger partial charge in [-0.25, -0.2) is 4.98 Å². The average Bonchev–Trinajstić information content (AvgIpc) is 3.32. The van der Waals surface area contributed by atoms with E-state index in [1.807, 2.05) is 37.3 Å². The summed E-state index contributed by atoms with van der Waals surface area (Å²) >= 11 is 0. The standard InChI is InChI=1S/C19H21N5O/c1-13(18-23-20-12-24(18)15-7-3-4-8-15)21-19(25)17-11-10-14-6-2-5-9-16(14)22-17/h2,5-6,9-13,15H,3-4,7-8H2,1H3,(H,21,25)/t13-/m0/s1. The second-order valence-electron chi connectivity index (χ2n) is 6.62. The number of hydrogen-bond donors (Lipinski definition) is 1. The zero-order valence-electron chi connectivity index (χ0n) is 14.2. The molecule has 0 radical (unpaired) electrons. The van der Waals surface area contributed by atoms with E-state index in [4.69, 9.17) is 0 Å². The summed E-state index contributed by atoms with van der Waals surface area (Å²) < 4.78 is 2.12. The van der Waals surface area contributed by atoms with E-state index < -0.39 is 0 Å². The van der Waals surface area contributed by atoms with Crippen LogP contribution >= 0.6 is 0 Å². The van der Waals surface area contributed by atoms with Crippen LogP contribution in [0.2, 0.25) is 0 Å². The van der Waals surface area contributed by atoms with Gasteiger partial charge in [-0.2, -0.15) is 0 Å². The number of fused-ring (bicyclic) bond motifs is 1. The Kier molecular flexibility index (Phi) is 4.17.